The monoisotopic (exact) mass is 324 g/mol. The summed E-state index contributed by atoms with van der Waals surface area (Å²) in [6, 6.07) is 5.32. The number of oxime groups is 1. The molecular formula is C15H17ClN2O4. The van der Waals surface area contributed by atoms with E-state index in [1.165, 1.54) is 0 Å². The van der Waals surface area contributed by atoms with E-state index < -0.39 is 6.10 Å². The highest BCUT2D eigenvalue weighted by Crippen LogP contribution is 2.27. The molecule has 0 N–H and O–H groups in total. The van der Waals surface area contributed by atoms with Crippen LogP contribution in [-0.2, 0) is 14.4 Å². The van der Waals surface area contributed by atoms with Gasteiger partial charge in [0.1, 0.15) is 5.75 Å². The molecule has 1 aromatic rings. The number of morpholine rings is 1. The van der Waals surface area contributed by atoms with Crippen LogP contribution < -0.4 is 4.74 Å². The van der Waals surface area contributed by atoms with Crippen molar-refractivity contribution in [2.45, 2.75) is 12.5 Å². The molecule has 0 spiro atoms. The first kappa shape index (κ1) is 15.1. The zero-order chi connectivity index (χ0) is 15.5. The summed E-state index contributed by atoms with van der Waals surface area (Å²) in [6.45, 7) is 2.31. The minimum absolute atomic E-state index is 0.0546. The quantitative estimate of drug-likeness (QED) is 0.849. The largest absolute Gasteiger partial charge is 0.497 e. The van der Waals surface area contributed by atoms with E-state index in [1.807, 2.05) is 0 Å². The Morgan fingerprint density at radius 3 is 2.91 bits per heavy atom. The Hall–Kier alpha value is -1.79. The van der Waals surface area contributed by atoms with Crippen molar-refractivity contribution in [1.82, 2.24) is 4.90 Å². The Morgan fingerprint density at radius 1 is 1.41 bits per heavy atom. The second-order valence-electron chi connectivity index (χ2n) is 5.12. The summed E-state index contributed by atoms with van der Waals surface area (Å²) < 4.78 is 10.4. The molecule has 118 valence electrons. The van der Waals surface area contributed by atoms with Crippen molar-refractivity contribution >= 4 is 23.2 Å². The highest BCUT2D eigenvalue weighted by molar-refractivity contribution is 6.34. The molecule has 1 aromatic carbocycles. The van der Waals surface area contributed by atoms with Crippen molar-refractivity contribution in [2.75, 3.05) is 33.4 Å². The van der Waals surface area contributed by atoms with Gasteiger partial charge in [-0.25, -0.2) is 0 Å². The third-order valence-corrected chi connectivity index (χ3v) is 4.08. The number of hydrogen-bond donors (Lipinski definition) is 0. The van der Waals surface area contributed by atoms with Crippen LogP contribution in [0.1, 0.15) is 12.0 Å². The maximum Gasteiger partial charge on any atom is 0.267 e. The van der Waals surface area contributed by atoms with Crippen LogP contribution in [0, 0.1) is 0 Å². The number of hydrogen-bond acceptors (Lipinski definition) is 5. The van der Waals surface area contributed by atoms with Gasteiger partial charge in [-0.05, 0) is 18.2 Å². The first-order valence-corrected chi connectivity index (χ1v) is 7.50. The molecule has 1 atom stereocenters. The molecule has 0 bridgehead atoms. The van der Waals surface area contributed by atoms with Gasteiger partial charge in [0, 0.05) is 25.1 Å². The number of nitrogens with zero attached hydrogens (tertiary/aromatic N) is 2. The lowest BCUT2D eigenvalue weighted by Crippen LogP contribution is -2.45. The van der Waals surface area contributed by atoms with E-state index in [1.54, 1.807) is 30.2 Å². The SMILES string of the molecule is COc1ccc(Cl)c(C2=NO[C@@H](C(=O)N3CCOCC3)C2)c1. The molecule has 3 rings (SSSR count). The molecule has 22 heavy (non-hydrogen) atoms. The van der Waals surface area contributed by atoms with Crippen LogP contribution in [0.2, 0.25) is 5.02 Å². The molecule has 0 radical (unpaired) electrons. The Kier molecular flexibility index (Phi) is 4.49. The number of benzene rings is 1. The lowest BCUT2D eigenvalue weighted by Gasteiger charge is -2.28. The van der Waals surface area contributed by atoms with Gasteiger partial charge < -0.3 is 19.2 Å². The zero-order valence-corrected chi connectivity index (χ0v) is 13.0. The van der Waals surface area contributed by atoms with Crippen LogP contribution in [0.25, 0.3) is 0 Å². The van der Waals surface area contributed by atoms with Gasteiger partial charge in [-0.3, -0.25) is 4.79 Å². The topological polar surface area (TPSA) is 60.4 Å². The van der Waals surface area contributed by atoms with E-state index in [-0.39, 0.29) is 5.91 Å². The highest BCUT2D eigenvalue weighted by atomic mass is 35.5. The number of carbonyl (C=O) groups is 1. The normalized spacial score (nSPS) is 21.3. The second-order valence-corrected chi connectivity index (χ2v) is 5.53. The van der Waals surface area contributed by atoms with Crippen molar-refractivity contribution < 1.29 is 19.1 Å². The molecular weight excluding hydrogens is 308 g/mol. The summed E-state index contributed by atoms with van der Waals surface area (Å²) in [4.78, 5) is 19.5. The summed E-state index contributed by atoms with van der Waals surface area (Å²) in [5.74, 6) is 0.631. The Balaban J connectivity index is 1.70. The van der Waals surface area contributed by atoms with E-state index in [4.69, 9.17) is 25.9 Å². The van der Waals surface area contributed by atoms with Crippen molar-refractivity contribution in [1.29, 1.82) is 0 Å². The molecule has 7 heteroatoms. The fourth-order valence-corrected chi connectivity index (χ4v) is 2.74. The van der Waals surface area contributed by atoms with Crippen LogP contribution in [0.5, 0.6) is 5.75 Å². The van der Waals surface area contributed by atoms with E-state index in [0.29, 0.717) is 49.2 Å². The first-order valence-electron chi connectivity index (χ1n) is 7.12. The Bertz CT molecular complexity index is 599. The molecule has 1 amide bonds. The van der Waals surface area contributed by atoms with Gasteiger partial charge >= 0.3 is 0 Å². The smallest absolute Gasteiger partial charge is 0.267 e. The second kappa shape index (κ2) is 6.54. The van der Waals surface area contributed by atoms with Crippen LogP contribution in [0.3, 0.4) is 0 Å². The summed E-state index contributed by atoms with van der Waals surface area (Å²) in [5.41, 5.74) is 1.40. The van der Waals surface area contributed by atoms with Crippen LogP contribution in [-0.4, -0.2) is 56.0 Å². The minimum Gasteiger partial charge on any atom is -0.497 e. The minimum atomic E-state index is -0.588. The van der Waals surface area contributed by atoms with Crippen molar-refractivity contribution in [3.63, 3.8) is 0 Å². The lowest BCUT2D eigenvalue weighted by atomic mass is 10.0. The number of halogens is 1. The van der Waals surface area contributed by atoms with Crippen molar-refractivity contribution in [3.05, 3.63) is 28.8 Å². The molecule has 0 saturated carbocycles. The van der Waals surface area contributed by atoms with Gasteiger partial charge in [0.2, 0.25) is 6.10 Å². The zero-order valence-electron chi connectivity index (χ0n) is 12.3. The molecule has 6 nitrogen and oxygen atoms in total. The van der Waals surface area contributed by atoms with Gasteiger partial charge in [0.05, 0.1) is 31.1 Å². The Labute approximate surface area is 133 Å². The van der Waals surface area contributed by atoms with Crippen LogP contribution in [0.4, 0.5) is 0 Å². The number of amides is 1. The fourth-order valence-electron chi connectivity index (χ4n) is 2.51. The third kappa shape index (κ3) is 3.03. The molecule has 1 saturated heterocycles. The molecule has 2 heterocycles. The molecule has 2 aliphatic heterocycles. The summed E-state index contributed by atoms with van der Waals surface area (Å²) in [5, 5.41) is 4.60. The van der Waals surface area contributed by atoms with Gasteiger partial charge in [-0.1, -0.05) is 16.8 Å². The molecule has 1 fully saturated rings. The van der Waals surface area contributed by atoms with Crippen molar-refractivity contribution in [3.8, 4) is 5.75 Å². The van der Waals surface area contributed by atoms with Gasteiger partial charge in [-0.2, -0.15) is 0 Å². The van der Waals surface area contributed by atoms with E-state index >= 15 is 0 Å². The first-order chi connectivity index (χ1) is 10.7. The molecule has 0 aliphatic carbocycles. The van der Waals surface area contributed by atoms with E-state index in [9.17, 15) is 4.79 Å². The number of ether oxygens (including phenoxy) is 2. The maximum atomic E-state index is 12.4. The summed E-state index contributed by atoms with van der Waals surface area (Å²) in [7, 11) is 1.59. The fraction of sp³-hybridized carbons (Fsp3) is 0.467. The average molecular weight is 325 g/mol. The summed E-state index contributed by atoms with van der Waals surface area (Å²) >= 11 is 6.21. The number of rotatable bonds is 3. The molecule has 0 unspecified atom stereocenters. The maximum absolute atomic E-state index is 12.4. The molecule has 0 aromatic heterocycles. The van der Waals surface area contributed by atoms with E-state index in [2.05, 4.69) is 5.16 Å². The lowest BCUT2D eigenvalue weighted by molar-refractivity contribution is -0.146. The van der Waals surface area contributed by atoms with Gasteiger partial charge in [0.25, 0.3) is 5.91 Å². The average Bonchev–Trinajstić information content (AvgIpc) is 3.05. The predicted octanol–water partition coefficient (Wildman–Crippen LogP) is 1.70. The number of carbonyl (C=O) groups excluding carboxylic acids is 1. The number of methoxy groups -OCH3 is 1. The molecule has 2 aliphatic rings. The van der Waals surface area contributed by atoms with Crippen LogP contribution in [0.15, 0.2) is 23.4 Å². The third-order valence-electron chi connectivity index (χ3n) is 3.75. The van der Waals surface area contributed by atoms with Gasteiger partial charge in [-0.15, -0.1) is 0 Å². The van der Waals surface area contributed by atoms with Crippen LogP contribution >= 0.6 is 11.6 Å². The Morgan fingerprint density at radius 2 is 2.18 bits per heavy atom. The summed E-state index contributed by atoms with van der Waals surface area (Å²) in [6.07, 6.45) is -0.182. The van der Waals surface area contributed by atoms with Crippen molar-refractivity contribution in [2.24, 2.45) is 5.16 Å². The van der Waals surface area contributed by atoms with E-state index in [0.717, 1.165) is 5.56 Å². The highest BCUT2D eigenvalue weighted by Gasteiger charge is 2.33. The predicted molar refractivity (Wildman–Crippen MR) is 81.4 cm³/mol. The standard InChI is InChI=1S/C15H17ClN2O4/c1-20-10-2-3-12(16)11(8-10)13-9-14(22-17-13)15(19)18-4-6-21-7-5-18/h2-3,8,14H,4-7,9H2,1H3/t14-/m1/s1. The van der Waals surface area contributed by atoms with Gasteiger partial charge in [0.15, 0.2) is 0 Å².